The lowest BCUT2D eigenvalue weighted by Crippen LogP contribution is -2.43. The van der Waals surface area contributed by atoms with Crippen molar-refractivity contribution in [2.24, 2.45) is 5.73 Å². The zero-order chi connectivity index (χ0) is 22.8. The van der Waals surface area contributed by atoms with Crippen LogP contribution in [0.25, 0.3) is 0 Å². The average molecular weight is 392 g/mol. The Balaban J connectivity index is -0.000000359. The van der Waals surface area contributed by atoms with Crippen molar-refractivity contribution < 1.29 is 24.6 Å². The maximum Gasteiger partial charge on any atom is 0.332 e. The van der Waals surface area contributed by atoms with Crippen LogP contribution in [0.1, 0.15) is 26.2 Å². The molecule has 0 bridgehead atoms. The topological polar surface area (TPSA) is 130 Å². The van der Waals surface area contributed by atoms with Crippen molar-refractivity contribution in [2.75, 3.05) is 6.54 Å². The average Bonchev–Trinajstić information content (AvgIpc) is 2.65. The molecule has 0 aromatic rings. The van der Waals surface area contributed by atoms with Crippen LogP contribution in [-0.2, 0) is 14.4 Å². The Hall–Kier alpha value is -3.19. The van der Waals surface area contributed by atoms with E-state index in [2.05, 4.69) is 44.8 Å². The molecule has 0 atom stereocenters. The van der Waals surface area contributed by atoms with Gasteiger partial charge in [0.2, 0.25) is 5.91 Å². The molecule has 0 aliphatic rings. The minimum atomic E-state index is -1.08. The highest BCUT2D eigenvalue weighted by Crippen LogP contribution is 2.22. The quantitative estimate of drug-likeness (QED) is 0.316. The first-order chi connectivity index (χ1) is 13.0. The van der Waals surface area contributed by atoms with Crippen LogP contribution in [0.5, 0.6) is 0 Å². The van der Waals surface area contributed by atoms with Gasteiger partial charge in [0.1, 0.15) is 0 Å². The number of amides is 1. The minimum Gasteiger partial charge on any atom is -0.478 e. The maximum atomic E-state index is 10.6. The first kappa shape index (κ1) is 29.6. The molecule has 0 aliphatic carbocycles. The molecule has 0 saturated carbocycles. The normalized spacial score (nSPS) is 9.07. The van der Waals surface area contributed by atoms with Gasteiger partial charge < -0.3 is 21.3 Å². The summed E-state index contributed by atoms with van der Waals surface area (Å²) < 4.78 is 0. The highest BCUT2D eigenvalue weighted by Gasteiger charge is 2.29. The molecule has 7 heteroatoms. The van der Waals surface area contributed by atoms with Gasteiger partial charge in [-0.15, -0.1) is 19.7 Å². The van der Waals surface area contributed by atoms with Gasteiger partial charge in [-0.2, -0.15) is 0 Å². The molecule has 0 aliphatic heterocycles. The van der Waals surface area contributed by atoms with Crippen molar-refractivity contribution in [3.05, 3.63) is 74.9 Å². The number of rotatable bonds is 11. The molecule has 0 saturated heterocycles. The first-order valence-corrected chi connectivity index (χ1v) is 8.32. The minimum absolute atomic E-state index is 0.00713. The molecule has 0 unspecified atom stereocenters. The van der Waals surface area contributed by atoms with Crippen LogP contribution in [0, 0.1) is 0 Å². The van der Waals surface area contributed by atoms with Crippen molar-refractivity contribution in [1.29, 1.82) is 0 Å². The summed E-state index contributed by atoms with van der Waals surface area (Å²) in [4.78, 5) is 30.8. The van der Waals surface area contributed by atoms with E-state index in [1.165, 1.54) is 6.08 Å². The Kier molecular flexibility index (Phi) is 18.2. The van der Waals surface area contributed by atoms with Gasteiger partial charge >= 0.3 is 11.9 Å². The van der Waals surface area contributed by atoms with Crippen molar-refractivity contribution in [2.45, 2.75) is 31.7 Å². The van der Waals surface area contributed by atoms with Crippen molar-refractivity contribution >= 4 is 17.8 Å². The molecule has 0 fully saturated rings. The third-order valence-electron chi connectivity index (χ3n) is 3.21. The summed E-state index contributed by atoms with van der Waals surface area (Å²) in [6, 6.07) is 0. The Morgan fingerprint density at radius 1 is 0.964 bits per heavy atom. The van der Waals surface area contributed by atoms with Gasteiger partial charge in [0.05, 0.1) is 11.1 Å². The number of hydrogen-bond acceptors (Lipinski definition) is 4. The molecular weight excluding hydrogens is 360 g/mol. The molecule has 28 heavy (non-hydrogen) atoms. The number of aliphatic carboxylic acids is 2. The van der Waals surface area contributed by atoms with E-state index in [0.717, 1.165) is 0 Å². The molecule has 7 nitrogen and oxygen atoms in total. The predicted octanol–water partition coefficient (Wildman–Crippen LogP) is 2.99. The summed E-state index contributed by atoms with van der Waals surface area (Å²) in [5.41, 5.74) is 5.15. The third-order valence-corrected chi connectivity index (χ3v) is 3.21. The van der Waals surface area contributed by atoms with E-state index in [-0.39, 0.29) is 17.1 Å². The fraction of sp³-hybridized carbons (Fsp3) is 0.286. The monoisotopic (exact) mass is 392 g/mol. The van der Waals surface area contributed by atoms with Gasteiger partial charge in [-0.05, 0) is 25.3 Å². The van der Waals surface area contributed by atoms with Crippen LogP contribution < -0.4 is 11.1 Å². The fourth-order valence-corrected chi connectivity index (χ4v) is 1.45. The van der Waals surface area contributed by atoms with E-state index >= 15 is 0 Å². The molecule has 0 rings (SSSR count). The number of carboxylic acid groups (broad SMARTS) is 2. The van der Waals surface area contributed by atoms with Gasteiger partial charge in [0.25, 0.3) is 0 Å². The standard InChI is InChI=1S/C10H15NO2.C6H9NO.C5H8O2/c1-4-6-10(11,7-5-2)8(3)9(12)13;1-3-5-7-6(8)4-2;1-3-4(2)5(6)7/h4-5H,1-3,6-7,11H2,(H,12,13);3-4H,1-2,5H2,(H,7,8);2-3H2,1H3,(H,6,7). The molecule has 0 aromatic carbocycles. The number of carbonyl (C=O) groups excluding carboxylic acids is 1. The van der Waals surface area contributed by atoms with Gasteiger partial charge in [-0.1, -0.05) is 44.9 Å². The number of carbonyl (C=O) groups is 3. The van der Waals surface area contributed by atoms with E-state index in [1.54, 1.807) is 25.2 Å². The summed E-state index contributed by atoms with van der Waals surface area (Å²) in [6.07, 6.45) is 7.28. The first-order valence-electron chi connectivity index (χ1n) is 8.32. The predicted molar refractivity (Wildman–Crippen MR) is 114 cm³/mol. The smallest absolute Gasteiger partial charge is 0.332 e. The summed E-state index contributed by atoms with van der Waals surface area (Å²) >= 11 is 0. The lowest BCUT2D eigenvalue weighted by Gasteiger charge is -2.26. The lowest BCUT2D eigenvalue weighted by atomic mass is 9.85. The summed E-state index contributed by atoms with van der Waals surface area (Å²) in [5, 5.41) is 19.3. The van der Waals surface area contributed by atoms with E-state index in [1.807, 2.05) is 0 Å². The SMILES string of the molecule is C=C(CC)C(=O)O.C=CCC(N)(CC=C)C(=C)C(=O)O.C=CCNC(=O)C=C. The Morgan fingerprint density at radius 3 is 1.64 bits per heavy atom. The van der Waals surface area contributed by atoms with Crippen molar-refractivity contribution in [3.8, 4) is 0 Å². The highest BCUT2D eigenvalue weighted by molar-refractivity contribution is 5.88. The van der Waals surface area contributed by atoms with Crippen LogP contribution in [0.15, 0.2) is 74.9 Å². The molecule has 1 amide bonds. The second-order valence-corrected chi connectivity index (χ2v) is 5.43. The number of hydrogen-bond donors (Lipinski definition) is 4. The van der Waals surface area contributed by atoms with E-state index in [9.17, 15) is 14.4 Å². The van der Waals surface area contributed by atoms with Crippen LogP contribution in [0.3, 0.4) is 0 Å². The Labute approximate surface area is 167 Å². The largest absolute Gasteiger partial charge is 0.478 e. The van der Waals surface area contributed by atoms with Gasteiger partial charge in [0, 0.05) is 12.1 Å². The third kappa shape index (κ3) is 15.1. The fourth-order valence-electron chi connectivity index (χ4n) is 1.45. The van der Waals surface area contributed by atoms with E-state index in [4.69, 9.17) is 15.9 Å². The Morgan fingerprint density at radius 2 is 1.43 bits per heavy atom. The van der Waals surface area contributed by atoms with Crippen molar-refractivity contribution in [3.63, 3.8) is 0 Å². The second-order valence-electron chi connectivity index (χ2n) is 5.43. The number of nitrogens with one attached hydrogen (secondary N) is 1. The van der Waals surface area contributed by atoms with Crippen LogP contribution >= 0.6 is 0 Å². The molecule has 5 N–H and O–H groups in total. The van der Waals surface area contributed by atoms with Gasteiger partial charge in [0.15, 0.2) is 0 Å². The van der Waals surface area contributed by atoms with E-state index in [0.29, 0.717) is 25.8 Å². The highest BCUT2D eigenvalue weighted by atomic mass is 16.4. The molecule has 156 valence electrons. The Bertz CT molecular complexity index is 596. The maximum absolute atomic E-state index is 10.6. The summed E-state index contributed by atoms with van der Waals surface area (Å²) in [6.45, 7) is 22.7. The molecule has 0 heterocycles. The van der Waals surface area contributed by atoms with Crippen LogP contribution in [0.4, 0.5) is 0 Å². The van der Waals surface area contributed by atoms with Gasteiger partial charge in [-0.25, -0.2) is 9.59 Å². The zero-order valence-corrected chi connectivity index (χ0v) is 16.6. The van der Waals surface area contributed by atoms with Gasteiger partial charge in [-0.3, -0.25) is 4.79 Å². The van der Waals surface area contributed by atoms with E-state index < -0.39 is 17.5 Å². The molecule has 0 radical (unpaired) electrons. The molecular formula is C21H32N2O5. The summed E-state index contributed by atoms with van der Waals surface area (Å²) in [7, 11) is 0. The molecule has 0 spiro atoms. The zero-order valence-electron chi connectivity index (χ0n) is 16.6. The van der Waals surface area contributed by atoms with Crippen molar-refractivity contribution in [1.82, 2.24) is 5.32 Å². The van der Waals surface area contributed by atoms with Crippen LogP contribution in [-0.4, -0.2) is 40.1 Å². The summed E-state index contributed by atoms with van der Waals surface area (Å²) in [5.74, 6) is -2.14. The number of carboxylic acids is 2. The van der Waals surface area contributed by atoms with Crippen LogP contribution in [0.2, 0.25) is 0 Å². The lowest BCUT2D eigenvalue weighted by molar-refractivity contribution is -0.134. The number of nitrogens with two attached hydrogens (primary N) is 1. The second kappa shape index (κ2) is 17.2. The molecule has 0 aromatic heterocycles.